The van der Waals surface area contributed by atoms with E-state index in [0.717, 1.165) is 3.94 Å². The second-order valence-corrected chi connectivity index (χ2v) is 9.11. The first-order chi connectivity index (χ1) is 7.36. The van der Waals surface area contributed by atoms with Crippen molar-refractivity contribution in [1.29, 1.82) is 0 Å². The average Bonchev–Trinajstić information content (AvgIpc) is 2.11. The van der Waals surface area contributed by atoms with E-state index in [1.165, 1.54) is 0 Å². The van der Waals surface area contributed by atoms with Crippen LogP contribution in [0.2, 0.25) is 0 Å². The molecule has 0 aromatic carbocycles. The van der Waals surface area contributed by atoms with Gasteiger partial charge in [-0.2, -0.15) is 0 Å². The Morgan fingerprint density at radius 3 is 1.89 bits per heavy atom. The van der Waals surface area contributed by atoms with Crippen LogP contribution in [0.1, 0.15) is 20.3 Å². The van der Waals surface area contributed by atoms with E-state index in [9.17, 15) is 8.42 Å². The minimum Gasteiger partial charge on any atom is -1.00 e. The van der Waals surface area contributed by atoms with E-state index in [4.69, 9.17) is 23.6 Å². The second kappa shape index (κ2) is 7.50. The molecule has 0 rings (SSSR count). The Hall–Kier alpha value is 0.740. The molecule has 0 heterocycles. The van der Waals surface area contributed by atoms with Crippen LogP contribution in [0, 0.1) is 0 Å². The molecule has 0 radical (unpaired) electrons. The normalized spacial score (nSPS) is 13.6. The maximum Gasteiger partial charge on any atom is 0.155 e. The zero-order valence-corrected chi connectivity index (χ0v) is 14.7. The zero-order valence-electron chi connectivity index (χ0n) is 11.6. The highest BCUT2D eigenvalue weighted by atomic mass is 35.5. The maximum absolute atomic E-state index is 11.8. The molecule has 0 saturated carbocycles. The Balaban J connectivity index is 0. The SMILES string of the molecule is CC(C)(CCS(=O)(=O)CC[N+](C)(C)C)N(Cl)Cl.[Cl-]. The molecular formula is C10H23Cl3N2O2S. The summed E-state index contributed by atoms with van der Waals surface area (Å²) in [4.78, 5) is 0. The molecule has 8 heteroatoms. The van der Waals surface area contributed by atoms with Crippen molar-refractivity contribution in [3.63, 3.8) is 0 Å². The lowest BCUT2D eigenvalue weighted by Gasteiger charge is -2.27. The van der Waals surface area contributed by atoms with Gasteiger partial charge < -0.3 is 16.9 Å². The smallest absolute Gasteiger partial charge is 0.155 e. The van der Waals surface area contributed by atoms with Crippen LogP contribution in [0.25, 0.3) is 0 Å². The standard InChI is InChI=1S/C10H23Cl2N2O2S.ClH/c1-10(2,13(11)12)6-8-17(15,16)9-7-14(3,4)5;/h6-9H2,1-5H3;1H/q+1;/p-1. The van der Waals surface area contributed by atoms with Gasteiger partial charge in [-0.3, -0.25) is 0 Å². The second-order valence-electron chi connectivity index (χ2n) is 5.96. The highest BCUT2D eigenvalue weighted by Crippen LogP contribution is 2.24. The molecule has 0 unspecified atom stereocenters. The topological polar surface area (TPSA) is 37.4 Å². The van der Waals surface area contributed by atoms with E-state index in [2.05, 4.69) is 0 Å². The molecule has 0 aliphatic rings. The molecule has 0 atom stereocenters. The van der Waals surface area contributed by atoms with Gasteiger partial charge in [0.25, 0.3) is 0 Å². The highest BCUT2D eigenvalue weighted by Gasteiger charge is 2.27. The highest BCUT2D eigenvalue weighted by molar-refractivity contribution is 7.91. The fourth-order valence-electron chi connectivity index (χ4n) is 1.00. The molecule has 0 amide bonds. The summed E-state index contributed by atoms with van der Waals surface area (Å²) in [7, 11) is 2.87. The van der Waals surface area contributed by atoms with Gasteiger partial charge >= 0.3 is 0 Å². The number of sulfone groups is 1. The lowest BCUT2D eigenvalue weighted by Crippen LogP contribution is -3.00. The van der Waals surface area contributed by atoms with Gasteiger partial charge in [0.1, 0.15) is 0 Å². The molecule has 0 bridgehead atoms. The van der Waals surface area contributed by atoms with Gasteiger partial charge in [0.05, 0.1) is 39.2 Å². The fraction of sp³-hybridized carbons (Fsp3) is 1.00. The van der Waals surface area contributed by atoms with Gasteiger partial charge in [0.15, 0.2) is 9.84 Å². The van der Waals surface area contributed by atoms with Crippen LogP contribution >= 0.6 is 23.6 Å². The van der Waals surface area contributed by atoms with E-state index in [-0.39, 0.29) is 23.9 Å². The van der Waals surface area contributed by atoms with Crippen LogP contribution < -0.4 is 12.4 Å². The third-order valence-corrected chi connectivity index (χ3v) is 5.10. The van der Waals surface area contributed by atoms with Crippen LogP contribution in [-0.4, -0.2) is 61.6 Å². The molecule has 0 saturated heterocycles. The van der Waals surface area contributed by atoms with Crippen molar-refractivity contribution >= 4 is 33.4 Å². The summed E-state index contributed by atoms with van der Waals surface area (Å²) in [5, 5.41) is 0. The van der Waals surface area contributed by atoms with E-state index >= 15 is 0 Å². The minimum atomic E-state index is -3.04. The Morgan fingerprint density at radius 2 is 1.56 bits per heavy atom. The first-order valence-electron chi connectivity index (χ1n) is 5.48. The molecular weight excluding hydrogens is 319 g/mol. The zero-order chi connectivity index (χ0) is 13.9. The third-order valence-electron chi connectivity index (χ3n) is 2.56. The van der Waals surface area contributed by atoms with Crippen molar-refractivity contribution < 1.29 is 25.3 Å². The summed E-state index contributed by atoms with van der Waals surface area (Å²) >= 11 is 11.3. The van der Waals surface area contributed by atoms with Crippen molar-refractivity contribution in [1.82, 2.24) is 3.94 Å². The van der Waals surface area contributed by atoms with Gasteiger partial charge in [-0.1, -0.05) is 0 Å². The first-order valence-corrected chi connectivity index (χ1v) is 7.98. The summed E-state index contributed by atoms with van der Waals surface area (Å²) in [6.07, 6.45) is 0.416. The predicted octanol–water partition coefficient (Wildman–Crippen LogP) is -1.11. The molecule has 0 aliphatic heterocycles. The summed E-state index contributed by atoms with van der Waals surface area (Å²) < 4.78 is 25.3. The van der Waals surface area contributed by atoms with Crippen molar-refractivity contribution in [2.24, 2.45) is 0 Å². The Kier molecular flexibility index (Phi) is 8.77. The van der Waals surface area contributed by atoms with E-state index in [0.29, 0.717) is 17.4 Å². The largest absolute Gasteiger partial charge is 1.00 e. The van der Waals surface area contributed by atoms with Crippen LogP contribution in [0.3, 0.4) is 0 Å². The lowest BCUT2D eigenvalue weighted by molar-refractivity contribution is -0.867. The number of hydrogen-bond donors (Lipinski definition) is 0. The van der Waals surface area contributed by atoms with Crippen molar-refractivity contribution in [2.45, 2.75) is 25.8 Å². The summed E-state index contributed by atoms with van der Waals surface area (Å²) in [5.74, 6) is 0.299. The third kappa shape index (κ3) is 9.64. The quantitative estimate of drug-likeness (QED) is 0.435. The predicted molar refractivity (Wildman–Crippen MR) is 73.8 cm³/mol. The van der Waals surface area contributed by atoms with Crippen molar-refractivity contribution in [2.75, 3.05) is 39.2 Å². The van der Waals surface area contributed by atoms with E-state index in [1.807, 2.05) is 35.0 Å². The minimum absolute atomic E-state index is 0. The Morgan fingerprint density at radius 1 is 1.11 bits per heavy atom. The molecule has 0 aliphatic carbocycles. The average molecular weight is 342 g/mol. The molecule has 0 fully saturated rings. The Labute approximate surface area is 127 Å². The number of nitrogens with zero attached hydrogens (tertiary/aromatic N) is 2. The summed E-state index contributed by atoms with van der Waals surface area (Å²) in [6, 6.07) is 0. The molecule has 112 valence electrons. The lowest BCUT2D eigenvalue weighted by atomic mass is 10.0. The fourth-order valence-corrected chi connectivity index (χ4v) is 3.01. The Bertz CT molecular complexity index is 338. The monoisotopic (exact) mass is 340 g/mol. The van der Waals surface area contributed by atoms with Gasteiger partial charge in [-0.25, -0.2) is 8.42 Å². The summed E-state index contributed by atoms with van der Waals surface area (Å²) in [6.45, 7) is 4.22. The summed E-state index contributed by atoms with van der Waals surface area (Å²) in [5.41, 5.74) is -0.535. The van der Waals surface area contributed by atoms with Gasteiger partial charge in [-0.15, -0.1) is 3.94 Å². The van der Waals surface area contributed by atoms with E-state index in [1.54, 1.807) is 0 Å². The maximum atomic E-state index is 11.8. The molecule has 18 heavy (non-hydrogen) atoms. The molecule has 0 aromatic rings. The number of quaternary nitrogens is 1. The molecule has 0 N–H and O–H groups in total. The molecule has 0 aromatic heterocycles. The van der Waals surface area contributed by atoms with Gasteiger partial charge in [0, 0.05) is 5.54 Å². The molecule has 4 nitrogen and oxygen atoms in total. The van der Waals surface area contributed by atoms with Gasteiger partial charge in [0.2, 0.25) is 0 Å². The van der Waals surface area contributed by atoms with Crippen LogP contribution in [0.5, 0.6) is 0 Å². The van der Waals surface area contributed by atoms with Gasteiger partial charge in [-0.05, 0) is 43.8 Å². The van der Waals surface area contributed by atoms with Crippen LogP contribution in [0.15, 0.2) is 0 Å². The number of halogens is 3. The van der Waals surface area contributed by atoms with E-state index < -0.39 is 15.4 Å². The van der Waals surface area contributed by atoms with Crippen LogP contribution in [0.4, 0.5) is 0 Å². The molecule has 0 spiro atoms. The van der Waals surface area contributed by atoms with Crippen molar-refractivity contribution in [3.05, 3.63) is 0 Å². The number of hydrogen-bond acceptors (Lipinski definition) is 3. The van der Waals surface area contributed by atoms with Crippen LogP contribution in [-0.2, 0) is 9.84 Å². The number of rotatable bonds is 7. The van der Waals surface area contributed by atoms with Crippen molar-refractivity contribution in [3.8, 4) is 0 Å². The first kappa shape index (κ1) is 21.0.